The van der Waals surface area contributed by atoms with Crippen molar-refractivity contribution < 1.29 is 10.0 Å². The van der Waals surface area contributed by atoms with Gasteiger partial charge in [-0.15, -0.1) is 0 Å². The van der Waals surface area contributed by atoms with E-state index in [0.717, 1.165) is 13.0 Å². The number of aliphatic hydroxyl groups excluding tert-OH is 1. The number of likely N-dealkylation sites (N-methyl/N-ethyl adjacent to an activating group) is 1. The van der Waals surface area contributed by atoms with Gasteiger partial charge in [0, 0.05) is 6.54 Å². The molecule has 7 heteroatoms. The molecule has 0 bridgehead atoms. The number of hydrogen-bond donors (Lipinski definition) is 1. The Hall–Kier alpha value is -1.47. The Bertz CT molecular complexity index is 405. The quantitative estimate of drug-likeness (QED) is 0.565. The number of rotatable bonds is 8. The second-order valence-electron chi connectivity index (χ2n) is 5.28. The zero-order valence-corrected chi connectivity index (χ0v) is 11.7. The lowest BCUT2D eigenvalue weighted by Gasteiger charge is -2.21. The van der Waals surface area contributed by atoms with Crippen molar-refractivity contribution in [1.29, 1.82) is 0 Å². The first-order chi connectivity index (χ1) is 8.88. The minimum atomic E-state index is -0.586. The molecule has 1 aromatic rings. The van der Waals surface area contributed by atoms with Crippen molar-refractivity contribution in [2.45, 2.75) is 32.9 Å². The van der Waals surface area contributed by atoms with Crippen molar-refractivity contribution in [3.05, 3.63) is 22.5 Å². The number of aliphatic hydroxyl groups is 1. The van der Waals surface area contributed by atoms with Gasteiger partial charge in [-0.1, -0.05) is 13.8 Å². The van der Waals surface area contributed by atoms with Crippen molar-refractivity contribution in [1.82, 2.24) is 14.7 Å². The molecule has 0 spiro atoms. The highest BCUT2D eigenvalue weighted by Gasteiger charge is 2.13. The molecule has 108 valence electrons. The van der Waals surface area contributed by atoms with Crippen LogP contribution in [0.2, 0.25) is 0 Å². The van der Waals surface area contributed by atoms with Crippen LogP contribution in [0.25, 0.3) is 0 Å². The lowest BCUT2D eigenvalue weighted by molar-refractivity contribution is -0.385. The van der Waals surface area contributed by atoms with Gasteiger partial charge in [0.25, 0.3) is 0 Å². The van der Waals surface area contributed by atoms with Crippen LogP contribution in [-0.4, -0.2) is 51.0 Å². The highest BCUT2D eigenvalue weighted by Crippen LogP contribution is 2.08. The van der Waals surface area contributed by atoms with Gasteiger partial charge in [-0.2, -0.15) is 5.10 Å². The minimum Gasteiger partial charge on any atom is -0.390 e. The third-order valence-electron chi connectivity index (χ3n) is 2.84. The summed E-state index contributed by atoms with van der Waals surface area (Å²) in [4.78, 5) is 12.1. The number of nitro groups is 1. The van der Waals surface area contributed by atoms with E-state index < -0.39 is 11.0 Å². The summed E-state index contributed by atoms with van der Waals surface area (Å²) in [5, 5.41) is 24.3. The number of hydrogen-bond acceptors (Lipinski definition) is 5. The molecule has 0 amide bonds. The SMILES string of the molecule is CC(C)CCN(C)CC(O)Cn1cc([N+](=O)[O-])cn1. The molecule has 1 atom stereocenters. The molecule has 0 fully saturated rings. The molecule has 0 radical (unpaired) electrons. The topological polar surface area (TPSA) is 84.4 Å². The van der Waals surface area contributed by atoms with Gasteiger partial charge in [-0.05, 0) is 25.9 Å². The van der Waals surface area contributed by atoms with Gasteiger partial charge in [-0.25, -0.2) is 0 Å². The largest absolute Gasteiger partial charge is 0.390 e. The van der Waals surface area contributed by atoms with Crippen LogP contribution >= 0.6 is 0 Å². The van der Waals surface area contributed by atoms with Crippen molar-refractivity contribution in [2.75, 3.05) is 20.1 Å². The van der Waals surface area contributed by atoms with Gasteiger partial charge in [0.05, 0.1) is 17.6 Å². The average molecular weight is 270 g/mol. The molecular weight excluding hydrogens is 248 g/mol. The lowest BCUT2D eigenvalue weighted by Crippen LogP contribution is -2.33. The van der Waals surface area contributed by atoms with Crippen LogP contribution in [0.1, 0.15) is 20.3 Å². The third-order valence-corrected chi connectivity index (χ3v) is 2.84. The fourth-order valence-electron chi connectivity index (χ4n) is 1.75. The maximum Gasteiger partial charge on any atom is 0.306 e. The van der Waals surface area contributed by atoms with E-state index in [4.69, 9.17) is 0 Å². The van der Waals surface area contributed by atoms with E-state index in [1.807, 2.05) is 7.05 Å². The van der Waals surface area contributed by atoms with Gasteiger partial charge < -0.3 is 10.0 Å². The molecule has 1 heterocycles. The first kappa shape index (κ1) is 15.6. The summed E-state index contributed by atoms with van der Waals surface area (Å²) in [6.07, 6.45) is 3.01. The molecule has 0 aromatic carbocycles. The normalized spacial score (nSPS) is 13.2. The number of aromatic nitrogens is 2. The van der Waals surface area contributed by atoms with Crippen LogP contribution in [0.5, 0.6) is 0 Å². The summed E-state index contributed by atoms with van der Waals surface area (Å²) in [6, 6.07) is 0. The molecule has 0 saturated carbocycles. The van der Waals surface area contributed by atoms with E-state index in [1.54, 1.807) is 0 Å². The second kappa shape index (κ2) is 7.20. The molecule has 0 aliphatic heterocycles. The van der Waals surface area contributed by atoms with Crippen LogP contribution in [-0.2, 0) is 6.54 Å². The monoisotopic (exact) mass is 270 g/mol. The summed E-state index contributed by atoms with van der Waals surface area (Å²) in [5.41, 5.74) is -0.0552. The van der Waals surface area contributed by atoms with Crippen molar-refractivity contribution in [3.8, 4) is 0 Å². The van der Waals surface area contributed by atoms with Crippen molar-refractivity contribution >= 4 is 5.69 Å². The fourth-order valence-corrected chi connectivity index (χ4v) is 1.75. The molecule has 0 aliphatic carbocycles. The maximum absolute atomic E-state index is 10.5. The molecule has 1 rings (SSSR count). The molecule has 7 nitrogen and oxygen atoms in total. The average Bonchev–Trinajstić information content (AvgIpc) is 2.74. The molecule has 0 aliphatic rings. The molecule has 19 heavy (non-hydrogen) atoms. The van der Waals surface area contributed by atoms with Crippen molar-refractivity contribution in [3.63, 3.8) is 0 Å². The number of nitrogens with zero attached hydrogens (tertiary/aromatic N) is 4. The third kappa shape index (κ3) is 5.80. The Labute approximate surface area is 113 Å². The van der Waals surface area contributed by atoms with Gasteiger partial charge >= 0.3 is 5.69 Å². The van der Waals surface area contributed by atoms with E-state index in [-0.39, 0.29) is 12.2 Å². The summed E-state index contributed by atoms with van der Waals surface area (Å²) < 4.78 is 1.40. The van der Waals surface area contributed by atoms with Crippen LogP contribution in [0.4, 0.5) is 5.69 Å². The minimum absolute atomic E-state index is 0.0552. The Morgan fingerprint density at radius 3 is 2.79 bits per heavy atom. The first-order valence-electron chi connectivity index (χ1n) is 6.42. The Kier molecular flexibility index (Phi) is 5.91. The molecule has 0 saturated heterocycles. The fraction of sp³-hybridized carbons (Fsp3) is 0.750. The molecule has 1 unspecified atom stereocenters. The van der Waals surface area contributed by atoms with Crippen LogP contribution in [0.3, 0.4) is 0 Å². The zero-order valence-electron chi connectivity index (χ0n) is 11.7. The van der Waals surface area contributed by atoms with E-state index >= 15 is 0 Å². The molecule has 1 N–H and O–H groups in total. The van der Waals surface area contributed by atoms with Gasteiger partial charge in [0.15, 0.2) is 0 Å². The zero-order chi connectivity index (χ0) is 14.4. The Balaban J connectivity index is 2.37. The van der Waals surface area contributed by atoms with E-state index in [1.165, 1.54) is 17.1 Å². The Morgan fingerprint density at radius 2 is 2.26 bits per heavy atom. The van der Waals surface area contributed by atoms with Gasteiger partial charge in [-0.3, -0.25) is 14.8 Å². The standard InChI is InChI=1S/C12H22N4O3/c1-10(2)4-5-14(3)8-12(17)9-15-7-11(6-13-15)16(18)19/h6-7,10,12,17H,4-5,8-9H2,1-3H3. The van der Waals surface area contributed by atoms with E-state index in [0.29, 0.717) is 12.5 Å². The highest BCUT2D eigenvalue weighted by molar-refractivity contribution is 5.20. The summed E-state index contributed by atoms with van der Waals surface area (Å²) in [5.74, 6) is 0.633. The predicted molar refractivity (Wildman–Crippen MR) is 71.8 cm³/mol. The first-order valence-corrected chi connectivity index (χ1v) is 6.42. The predicted octanol–water partition coefficient (Wildman–Crippen LogP) is 1.13. The van der Waals surface area contributed by atoms with Crippen molar-refractivity contribution in [2.24, 2.45) is 5.92 Å². The molecular formula is C12H22N4O3. The van der Waals surface area contributed by atoms with E-state index in [2.05, 4.69) is 23.8 Å². The lowest BCUT2D eigenvalue weighted by atomic mass is 10.1. The van der Waals surface area contributed by atoms with Gasteiger partial charge in [0.1, 0.15) is 12.4 Å². The summed E-state index contributed by atoms with van der Waals surface area (Å²) in [7, 11) is 1.96. The summed E-state index contributed by atoms with van der Waals surface area (Å²) in [6.45, 7) is 6.04. The van der Waals surface area contributed by atoms with E-state index in [9.17, 15) is 15.2 Å². The smallest absolute Gasteiger partial charge is 0.306 e. The second-order valence-corrected chi connectivity index (χ2v) is 5.28. The van der Waals surface area contributed by atoms with Crippen LogP contribution in [0.15, 0.2) is 12.4 Å². The van der Waals surface area contributed by atoms with Crippen LogP contribution in [0, 0.1) is 16.0 Å². The Morgan fingerprint density at radius 1 is 1.58 bits per heavy atom. The summed E-state index contributed by atoms with van der Waals surface area (Å²) >= 11 is 0. The van der Waals surface area contributed by atoms with Gasteiger partial charge in [0.2, 0.25) is 0 Å². The molecule has 1 aromatic heterocycles. The highest BCUT2D eigenvalue weighted by atomic mass is 16.6. The van der Waals surface area contributed by atoms with Crippen LogP contribution < -0.4 is 0 Å². The maximum atomic E-state index is 10.5.